The molecule has 15 heavy (non-hydrogen) atoms. The minimum Gasteiger partial charge on any atom is -0.381 e. The van der Waals surface area contributed by atoms with Crippen molar-refractivity contribution in [2.24, 2.45) is 0 Å². The summed E-state index contributed by atoms with van der Waals surface area (Å²) in [6.45, 7) is 2.00. The van der Waals surface area contributed by atoms with Gasteiger partial charge >= 0.3 is 0 Å². The predicted molar refractivity (Wildman–Crippen MR) is 54.1 cm³/mol. The van der Waals surface area contributed by atoms with Gasteiger partial charge in [-0.2, -0.15) is 0 Å². The molecule has 0 radical (unpaired) electrons. The first-order chi connectivity index (χ1) is 7.11. The van der Waals surface area contributed by atoms with Crippen molar-refractivity contribution in [2.75, 3.05) is 13.2 Å². The molecule has 0 aromatic heterocycles. The molecule has 0 aliphatic carbocycles. The Morgan fingerprint density at radius 2 is 1.47 bits per heavy atom. The first kappa shape index (κ1) is 12.5. The van der Waals surface area contributed by atoms with Crippen LogP contribution in [-0.4, -0.2) is 13.2 Å². The van der Waals surface area contributed by atoms with E-state index >= 15 is 0 Å². The number of hydrogen-bond donors (Lipinski definition) is 0. The van der Waals surface area contributed by atoms with Crippen LogP contribution in [0.1, 0.15) is 12.8 Å². The summed E-state index contributed by atoms with van der Waals surface area (Å²) in [6.07, 6.45) is 2.56. The van der Waals surface area contributed by atoms with Crippen LogP contribution >= 0.6 is 15.9 Å². The van der Waals surface area contributed by atoms with E-state index in [4.69, 9.17) is 4.74 Å². The highest BCUT2D eigenvalue weighted by Gasteiger charge is 2.06. The van der Waals surface area contributed by atoms with Gasteiger partial charge in [0.1, 0.15) is 5.82 Å². The van der Waals surface area contributed by atoms with Crippen LogP contribution in [0.15, 0.2) is 16.6 Å². The molecule has 0 amide bonds. The van der Waals surface area contributed by atoms with Gasteiger partial charge in [-0.15, -0.1) is 0 Å². The first-order valence-electron chi connectivity index (χ1n) is 4.49. The molecule has 1 nitrogen and oxygen atoms in total. The largest absolute Gasteiger partial charge is 0.381 e. The third-order valence-electron chi connectivity index (χ3n) is 1.79. The fourth-order valence-corrected chi connectivity index (χ4v) is 1.32. The quantitative estimate of drug-likeness (QED) is 0.660. The van der Waals surface area contributed by atoms with E-state index in [-0.39, 0.29) is 4.47 Å². The van der Waals surface area contributed by atoms with Gasteiger partial charge in [0.25, 0.3) is 0 Å². The van der Waals surface area contributed by atoms with E-state index in [1.807, 2.05) is 0 Å². The van der Waals surface area contributed by atoms with Gasteiger partial charge in [0.2, 0.25) is 0 Å². The smallest absolute Gasteiger partial charge is 0.161 e. The van der Waals surface area contributed by atoms with Gasteiger partial charge in [-0.25, -0.2) is 13.2 Å². The summed E-state index contributed by atoms with van der Waals surface area (Å²) < 4.78 is 41.5. The average molecular weight is 283 g/mol. The molecule has 0 atom stereocenters. The Bertz CT molecular complexity index is 269. The van der Waals surface area contributed by atoms with Crippen molar-refractivity contribution < 1.29 is 17.9 Å². The Morgan fingerprint density at radius 1 is 0.933 bits per heavy atom. The fraction of sp³-hybridized carbons (Fsp3) is 0.400. The standard InChI is InChI=1S/C6H2BrF3.C4H8O/c7-3-1-5(9)6(10)2-4(3)8;1-2-4-5-3-1/h1-2H;1-4H2. The Morgan fingerprint density at radius 3 is 1.87 bits per heavy atom. The van der Waals surface area contributed by atoms with Crippen LogP contribution in [0.3, 0.4) is 0 Å². The Balaban J connectivity index is 0.000000187. The third kappa shape index (κ3) is 4.22. The van der Waals surface area contributed by atoms with Crippen molar-refractivity contribution in [1.29, 1.82) is 0 Å². The van der Waals surface area contributed by atoms with Crippen LogP contribution in [0.25, 0.3) is 0 Å². The van der Waals surface area contributed by atoms with Crippen molar-refractivity contribution in [3.63, 3.8) is 0 Å². The van der Waals surface area contributed by atoms with Crippen molar-refractivity contribution >= 4 is 15.9 Å². The number of halogens is 4. The van der Waals surface area contributed by atoms with E-state index in [1.54, 1.807) is 0 Å². The van der Waals surface area contributed by atoms with Gasteiger partial charge in [0.15, 0.2) is 11.6 Å². The van der Waals surface area contributed by atoms with Crippen LogP contribution in [0.4, 0.5) is 13.2 Å². The van der Waals surface area contributed by atoms with Gasteiger partial charge in [-0.3, -0.25) is 0 Å². The molecule has 1 fully saturated rings. The lowest BCUT2D eigenvalue weighted by Crippen LogP contribution is -1.86. The van der Waals surface area contributed by atoms with Crippen molar-refractivity contribution in [3.8, 4) is 0 Å². The van der Waals surface area contributed by atoms with E-state index in [1.165, 1.54) is 12.8 Å². The van der Waals surface area contributed by atoms with Crippen molar-refractivity contribution in [2.45, 2.75) is 12.8 Å². The second-order valence-corrected chi connectivity index (χ2v) is 3.85. The molecule has 0 unspecified atom stereocenters. The van der Waals surface area contributed by atoms with Gasteiger partial charge in [0, 0.05) is 19.3 Å². The van der Waals surface area contributed by atoms with Crippen molar-refractivity contribution in [1.82, 2.24) is 0 Å². The highest BCUT2D eigenvalue weighted by molar-refractivity contribution is 9.10. The Labute approximate surface area is 94.4 Å². The number of hydrogen-bond acceptors (Lipinski definition) is 1. The first-order valence-corrected chi connectivity index (χ1v) is 5.28. The summed E-state index contributed by atoms with van der Waals surface area (Å²) in [5.41, 5.74) is 0. The van der Waals surface area contributed by atoms with E-state index in [2.05, 4.69) is 15.9 Å². The van der Waals surface area contributed by atoms with Gasteiger partial charge < -0.3 is 4.74 Å². The van der Waals surface area contributed by atoms with E-state index in [9.17, 15) is 13.2 Å². The van der Waals surface area contributed by atoms with E-state index in [0.29, 0.717) is 6.07 Å². The molecule has 0 N–H and O–H groups in total. The third-order valence-corrected chi connectivity index (χ3v) is 2.40. The molecule has 2 rings (SSSR count). The van der Waals surface area contributed by atoms with Gasteiger partial charge in [-0.05, 0) is 34.8 Å². The number of rotatable bonds is 0. The van der Waals surface area contributed by atoms with Crippen LogP contribution in [0, 0.1) is 17.5 Å². The summed E-state index contributed by atoms with van der Waals surface area (Å²) in [5, 5.41) is 0. The SMILES string of the molecule is C1CCOC1.Fc1cc(F)c(Br)cc1F. The lowest BCUT2D eigenvalue weighted by Gasteiger charge is -1.94. The summed E-state index contributed by atoms with van der Waals surface area (Å²) in [6, 6.07) is 1.23. The summed E-state index contributed by atoms with van der Waals surface area (Å²) in [5.74, 6) is -3.05. The highest BCUT2D eigenvalue weighted by atomic mass is 79.9. The molecule has 1 saturated heterocycles. The summed E-state index contributed by atoms with van der Waals surface area (Å²) in [7, 11) is 0. The molecule has 5 heteroatoms. The topological polar surface area (TPSA) is 9.23 Å². The maximum atomic E-state index is 12.3. The maximum Gasteiger partial charge on any atom is 0.161 e. The van der Waals surface area contributed by atoms with Crippen LogP contribution in [-0.2, 0) is 4.74 Å². The van der Waals surface area contributed by atoms with E-state index < -0.39 is 17.5 Å². The molecule has 1 aromatic carbocycles. The normalized spacial score (nSPS) is 14.7. The zero-order chi connectivity index (χ0) is 11.3. The van der Waals surface area contributed by atoms with Crippen molar-refractivity contribution in [3.05, 3.63) is 34.1 Å². The molecule has 1 aromatic rings. The lowest BCUT2D eigenvalue weighted by molar-refractivity contribution is 0.198. The molecular weight excluding hydrogens is 273 g/mol. The van der Waals surface area contributed by atoms with Crippen LogP contribution < -0.4 is 0 Å². The second-order valence-electron chi connectivity index (χ2n) is 3.00. The molecule has 1 aliphatic heterocycles. The lowest BCUT2D eigenvalue weighted by atomic mass is 10.3. The average Bonchev–Trinajstić information content (AvgIpc) is 2.73. The summed E-state index contributed by atoms with van der Waals surface area (Å²) >= 11 is 2.70. The Hall–Kier alpha value is -0.550. The maximum absolute atomic E-state index is 12.3. The van der Waals surface area contributed by atoms with Crippen LogP contribution in [0.2, 0.25) is 0 Å². The molecule has 0 spiro atoms. The monoisotopic (exact) mass is 282 g/mol. The van der Waals surface area contributed by atoms with E-state index in [0.717, 1.165) is 19.3 Å². The predicted octanol–water partition coefficient (Wildman–Crippen LogP) is 3.66. The summed E-state index contributed by atoms with van der Waals surface area (Å²) in [4.78, 5) is 0. The molecule has 1 aliphatic rings. The van der Waals surface area contributed by atoms with Crippen LogP contribution in [0.5, 0.6) is 0 Å². The number of benzene rings is 1. The molecule has 0 bridgehead atoms. The minimum absolute atomic E-state index is 0.0774. The zero-order valence-corrected chi connectivity index (χ0v) is 9.49. The zero-order valence-electron chi connectivity index (χ0n) is 7.90. The van der Waals surface area contributed by atoms with Gasteiger partial charge in [0.05, 0.1) is 4.47 Å². The van der Waals surface area contributed by atoms with Gasteiger partial charge in [-0.1, -0.05) is 0 Å². The molecule has 0 saturated carbocycles. The molecule has 1 heterocycles. The fourth-order valence-electron chi connectivity index (χ4n) is 1.01. The highest BCUT2D eigenvalue weighted by Crippen LogP contribution is 2.18. The second kappa shape index (κ2) is 6.12. The minimum atomic E-state index is -1.18. The Kier molecular flexibility index (Phi) is 5.11. The molecule has 84 valence electrons. The number of ether oxygens (including phenoxy) is 1. The molecular formula is C10H10BrF3O.